The van der Waals surface area contributed by atoms with Gasteiger partial charge in [-0.3, -0.25) is 9.59 Å². The van der Waals surface area contributed by atoms with Gasteiger partial charge in [-0.05, 0) is 85.9 Å². The summed E-state index contributed by atoms with van der Waals surface area (Å²) in [6, 6.07) is 0. The van der Waals surface area contributed by atoms with Crippen molar-refractivity contribution in [3.05, 3.63) is 0 Å². The lowest BCUT2D eigenvalue weighted by molar-refractivity contribution is -0.167. The van der Waals surface area contributed by atoms with Gasteiger partial charge in [-0.2, -0.15) is 0 Å². The molecule has 0 amide bonds. The van der Waals surface area contributed by atoms with Gasteiger partial charge in [-0.25, -0.2) is 0 Å². The van der Waals surface area contributed by atoms with Crippen LogP contribution in [0.4, 0.5) is 0 Å². The molecule has 0 N–H and O–H groups in total. The summed E-state index contributed by atoms with van der Waals surface area (Å²) in [7, 11) is 0. The number of esters is 1. The van der Waals surface area contributed by atoms with Crippen LogP contribution in [0.1, 0.15) is 98.8 Å². The minimum absolute atomic E-state index is 0.0755. The molecule has 4 fully saturated rings. The van der Waals surface area contributed by atoms with Crippen molar-refractivity contribution < 1.29 is 14.3 Å². The molecule has 0 spiro atoms. The molecule has 4 aliphatic rings. The van der Waals surface area contributed by atoms with Gasteiger partial charge in [0, 0.05) is 18.8 Å². The van der Waals surface area contributed by atoms with Gasteiger partial charge in [0.05, 0.1) is 0 Å². The number of hydrogen-bond acceptors (Lipinski definition) is 3. The number of fused-ring (bicyclic) bond motifs is 5. The fourth-order valence-corrected chi connectivity index (χ4v) is 8.87. The van der Waals surface area contributed by atoms with E-state index < -0.39 is 0 Å². The van der Waals surface area contributed by atoms with Crippen LogP contribution in [0.5, 0.6) is 0 Å². The van der Waals surface area contributed by atoms with Crippen LogP contribution in [0.3, 0.4) is 0 Å². The zero-order valence-corrected chi connectivity index (χ0v) is 19.3. The van der Waals surface area contributed by atoms with Gasteiger partial charge in [-0.1, -0.05) is 40.5 Å². The molecule has 0 aromatic heterocycles. The Bertz CT molecular complexity index is 656. The molecule has 29 heavy (non-hydrogen) atoms. The van der Waals surface area contributed by atoms with Crippen molar-refractivity contribution in [3.63, 3.8) is 0 Å². The number of ether oxygens (including phenoxy) is 1. The Morgan fingerprint density at radius 3 is 2.59 bits per heavy atom. The Morgan fingerprint density at radius 2 is 1.90 bits per heavy atom. The lowest BCUT2D eigenvalue weighted by atomic mass is 9.44. The first-order valence-electron chi connectivity index (χ1n) is 12.4. The number of ketones is 1. The molecule has 0 heterocycles. The van der Waals surface area contributed by atoms with Crippen LogP contribution in [-0.2, 0) is 14.3 Å². The molecule has 3 nitrogen and oxygen atoms in total. The largest absolute Gasteiger partial charge is 0.463 e. The molecule has 4 aliphatic carbocycles. The highest BCUT2D eigenvalue weighted by Crippen LogP contribution is 2.67. The molecular formula is C26H42O3. The summed E-state index contributed by atoms with van der Waals surface area (Å²) in [5, 5.41) is 0. The summed E-state index contributed by atoms with van der Waals surface area (Å²) in [5.41, 5.74) is 0.178. The Kier molecular flexibility index (Phi) is 5.66. The average molecular weight is 403 g/mol. The van der Waals surface area contributed by atoms with E-state index in [1.165, 1.54) is 45.4 Å². The topological polar surface area (TPSA) is 43.4 Å². The van der Waals surface area contributed by atoms with E-state index in [-0.39, 0.29) is 22.9 Å². The minimum atomic E-state index is -0.144. The van der Waals surface area contributed by atoms with E-state index in [0.29, 0.717) is 35.4 Å². The number of rotatable bonds is 4. The van der Waals surface area contributed by atoms with E-state index in [4.69, 9.17) is 4.74 Å². The van der Waals surface area contributed by atoms with E-state index in [9.17, 15) is 9.59 Å². The molecule has 1 unspecified atom stereocenters. The van der Waals surface area contributed by atoms with Crippen LogP contribution in [0, 0.1) is 46.3 Å². The predicted octanol–water partition coefficient (Wildman–Crippen LogP) is 6.19. The molecule has 0 saturated heterocycles. The van der Waals surface area contributed by atoms with Crippen LogP contribution in [0.2, 0.25) is 0 Å². The molecular weight excluding hydrogens is 360 g/mol. The van der Waals surface area contributed by atoms with E-state index in [2.05, 4.69) is 27.7 Å². The van der Waals surface area contributed by atoms with Crippen molar-refractivity contribution in [3.8, 4) is 0 Å². The second-order valence-corrected chi connectivity index (χ2v) is 11.5. The molecule has 0 bridgehead atoms. The highest BCUT2D eigenvalue weighted by molar-refractivity contribution is 5.87. The van der Waals surface area contributed by atoms with Crippen molar-refractivity contribution >= 4 is 11.8 Å². The first-order valence-corrected chi connectivity index (χ1v) is 12.4. The Hall–Kier alpha value is -0.860. The van der Waals surface area contributed by atoms with E-state index in [1.807, 2.05) is 0 Å². The number of Topliss-reactive ketones (excluding diaryl/α,β-unsaturated/α-hetero) is 1. The van der Waals surface area contributed by atoms with Crippen LogP contribution in [0.25, 0.3) is 0 Å². The van der Waals surface area contributed by atoms with Crippen molar-refractivity contribution in [2.75, 3.05) is 0 Å². The summed E-state index contributed by atoms with van der Waals surface area (Å²) in [5.74, 6) is 4.17. The van der Waals surface area contributed by atoms with Gasteiger partial charge in [0.1, 0.15) is 11.9 Å². The minimum Gasteiger partial charge on any atom is -0.463 e. The van der Waals surface area contributed by atoms with E-state index >= 15 is 0 Å². The van der Waals surface area contributed by atoms with Gasteiger partial charge in [0.25, 0.3) is 0 Å². The maximum Gasteiger partial charge on any atom is 0.302 e. The lowest BCUT2D eigenvalue weighted by Crippen LogP contribution is -2.57. The number of carbonyl (C=O) groups is 2. The van der Waals surface area contributed by atoms with Crippen molar-refractivity contribution in [1.29, 1.82) is 0 Å². The molecule has 4 saturated carbocycles. The average Bonchev–Trinajstić information content (AvgIpc) is 3.02. The normalized spacial score (nSPS) is 47.7. The quantitative estimate of drug-likeness (QED) is 0.526. The molecule has 0 aromatic rings. The second-order valence-electron chi connectivity index (χ2n) is 11.5. The zero-order valence-electron chi connectivity index (χ0n) is 19.3. The van der Waals surface area contributed by atoms with E-state index in [0.717, 1.165) is 31.6 Å². The fraction of sp³-hybridized carbons (Fsp3) is 0.923. The molecule has 164 valence electrons. The first kappa shape index (κ1) is 21.4. The predicted molar refractivity (Wildman–Crippen MR) is 115 cm³/mol. The van der Waals surface area contributed by atoms with Gasteiger partial charge in [-0.15, -0.1) is 0 Å². The standard InChI is InChI=1S/C26H42O3/c1-6-7-16(2)21-10-11-22-20-9-8-18-14-19(29-17(3)27)12-13-25(18,4)23(20)15-24(28)26(21,22)5/h16,18-23H,6-15H2,1-5H3/t16-,18-,19-,20+,21?,22+,23+,25+,26-/m1/s1. The van der Waals surface area contributed by atoms with Crippen molar-refractivity contribution in [2.45, 2.75) is 105 Å². The van der Waals surface area contributed by atoms with Crippen LogP contribution in [0.15, 0.2) is 0 Å². The molecule has 0 aromatic carbocycles. The summed E-state index contributed by atoms with van der Waals surface area (Å²) < 4.78 is 5.59. The number of hydrogen-bond donors (Lipinski definition) is 0. The molecule has 4 rings (SSSR count). The maximum atomic E-state index is 13.7. The van der Waals surface area contributed by atoms with Crippen LogP contribution >= 0.6 is 0 Å². The molecule has 0 radical (unpaired) electrons. The smallest absolute Gasteiger partial charge is 0.302 e. The van der Waals surface area contributed by atoms with Crippen molar-refractivity contribution in [2.24, 2.45) is 46.3 Å². The summed E-state index contributed by atoms with van der Waals surface area (Å²) in [6.07, 6.45) is 11.5. The zero-order chi connectivity index (χ0) is 21.0. The van der Waals surface area contributed by atoms with Gasteiger partial charge in [0.15, 0.2) is 0 Å². The maximum absolute atomic E-state index is 13.7. The number of carbonyl (C=O) groups excluding carboxylic acids is 2. The molecule has 9 atom stereocenters. The Labute approximate surface area is 177 Å². The lowest BCUT2D eigenvalue weighted by Gasteiger charge is -2.60. The highest BCUT2D eigenvalue weighted by Gasteiger charge is 2.64. The monoisotopic (exact) mass is 402 g/mol. The van der Waals surface area contributed by atoms with Gasteiger partial charge in [0.2, 0.25) is 0 Å². The summed E-state index contributed by atoms with van der Waals surface area (Å²) in [6.45, 7) is 11.0. The van der Waals surface area contributed by atoms with Gasteiger partial charge >= 0.3 is 5.97 Å². The van der Waals surface area contributed by atoms with Crippen LogP contribution < -0.4 is 0 Å². The summed E-state index contributed by atoms with van der Waals surface area (Å²) >= 11 is 0. The Morgan fingerprint density at radius 1 is 1.14 bits per heavy atom. The second kappa shape index (κ2) is 7.68. The van der Waals surface area contributed by atoms with E-state index in [1.54, 1.807) is 0 Å². The third-order valence-electron chi connectivity index (χ3n) is 10.3. The summed E-state index contributed by atoms with van der Waals surface area (Å²) in [4.78, 5) is 25.2. The molecule has 3 heteroatoms. The fourth-order valence-electron chi connectivity index (χ4n) is 8.87. The highest BCUT2D eigenvalue weighted by atomic mass is 16.5. The molecule has 0 aliphatic heterocycles. The Balaban J connectivity index is 1.56. The SMILES string of the molecule is CCC[C@@H](C)C1CC[C@H]2[C@@H]3CC[C@@H]4C[C@H](OC(C)=O)CC[C@]4(C)[C@H]3CC(=O)[C@]12C. The third kappa shape index (κ3) is 3.30. The van der Waals surface area contributed by atoms with Gasteiger partial charge < -0.3 is 4.74 Å². The van der Waals surface area contributed by atoms with Crippen molar-refractivity contribution in [1.82, 2.24) is 0 Å². The third-order valence-corrected chi connectivity index (χ3v) is 10.3. The first-order chi connectivity index (χ1) is 13.7. The van der Waals surface area contributed by atoms with Crippen LogP contribution in [-0.4, -0.2) is 17.9 Å².